The van der Waals surface area contributed by atoms with Crippen LogP contribution in [0.5, 0.6) is 5.75 Å². The molecule has 160 valence electrons. The number of aliphatic hydroxyl groups is 1. The van der Waals surface area contributed by atoms with E-state index in [1.54, 1.807) is 7.05 Å². The summed E-state index contributed by atoms with van der Waals surface area (Å²) in [6, 6.07) is 17.1. The summed E-state index contributed by atoms with van der Waals surface area (Å²) in [4.78, 5) is 6.81. The summed E-state index contributed by atoms with van der Waals surface area (Å²) >= 11 is 0. The van der Waals surface area contributed by atoms with Gasteiger partial charge in [0.05, 0.1) is 18.8 Å². The highest BCUT2D eigenvalue weighted by molar-refractivity contribution is 5.80. The zero-order chi connectivity index (χ0) is 20.8. The van der Waals surface area contributed by atoms with Gasteiger partial charge in [-0.05, 0) is 30.0 Å². The fourth-order valence-corrected chi connectivity index (χ4v) is 4.14. The monoisotopic (exact) mass is 408 g/mol. The summed E-state index contributed by atoms with van der Waals surface area (Å²) in [5.41, 5.74) is 3.72. The third-order valence-electron chi connectivity index (χ3n) is 5.94. The normalized spacial score (nSPS) is 20.3. The van der Waals surface area contributed by atoms with E-state index in [0.29, 0.717) is 6.61 Å². The Labute approximate surface area is 179 Å². The number of likely N-dealkylation sites (tertiary alicyclic amines) is 1. The van der Waals surface area contributed by atoms with Crippen molar-refractivity contribution in [2.45, 2.75) is 44.5 Å². The van der Waals surface area contributed by atoms with E-state index in [1.165, 1.54) is 16.7 Å². The van der Waals surface area contributed by atoms with Crippen molar-refractivity contribution in [1.82, 2.24) is 15.5 Å². The number of fused-ring (bicyclic) bond motifs is 1. The Bertz CT molecular complexity index is 845. The fraction of sp³-hybridized carbons (Fsp3) is 0.458. The average molecular weight is 409 g/mol. The van der Waals surface area contributed by atoms with Crippen LogP contribution in [-0.4, -0.2) is 48.8 Å². The van der Waals surface area contributed by atoms with Gasteiger partial charge in [0.25, 0.3) is 0 Å². The molecule has 0 bridgehead atoms. The van der Waals surface area contributed by atoms with Gasteiger partial charge >= 0.3 is 0 Å². The highest BCUT2D eigenvalue weighted by Gasteiger charge is 2.21. The van der Waals surface area contributed by atoms with Crippen molar-refractivity contribution >= 4 is 5.96 Å². The number of hydrogen-bond donors (Lipinski definition) is 3. The number of rotatable bonds is 5. The largest absolute Gasteiger partial charge is 0.493 e. The molecule has 2 heterocycles. The van der Waals surface area contributed by atoms with Gasteiger partial charge in [-0.25, -0.2) is 0 Å². The Kier molecular flexibility index (Phi) is 6.87. The van der Waals surface area contributed by atoms with Crippen molar-refractivity contribution < 1.29 is 9.84 Å². The highest BCUT2D eigenvalue weighted by Crippen LogP contribution is 2.31. The van der Waals surface area contributed by atoms with Crippen molar-refractivity contribution in [2.24, 2.45) is 4.99 Å². The summed E-state index contributed by atoms with van der Waals surface area (Å²) in [7, 11) is 1.80. The first-order valence-corrected chi connectivity index (χ1v) is 10.9. The summed E-state index contributed by atoms with van der Waals surface area (Å²) < 4.78 is 5.75. The van der Waals surface area contributed by atoms with E-state index in [0.717, 1.165) is 57.2 Å². The van der Waals surface area contributed by atoms with Gasteiger partial charge in [0.1, 0.15) is 5.75 Å². The quantitative estimate of drug-likeness (QED) is 0.524. The molecule has 0 aliphatic carbocycles. The van der Waals surface area contributed by atoms with Crippen molar-refractivity contribution in [1.29, 1.82) is 0 Å². The van der Waals surface area contributed by atoms with Crippen LogP contribution in [0.1, 0.15) is 42.0 Å². The van der Waals surface area contributed by atoms with Gasteiger partial charge in [-0.1, -0.05) is 42.5 Å². The number of para-hydroxylation sites is 1. The predicted octanol–water partition coefficient (Wildman–Crippen LogP) is 2.83. The molecular weight excluding hydrogens is 376 g/mol. The molecule has 2 aliphatic heterocycles. The van der Waals surface area contributed by atoms with Crippen LogP contribution in [0, 0.1) is 0 Å². The summed E-state index contributed by atoms with van der Waals surface area (Å²) in [5, 5.41) is 16.6. The fourth-order valence-electron chi connectivity index (χ4n) is 4.14. The Balaban J connectivity index is 1.28. The first-order valence-electron chi connectivity index (χ1n) is 10.9. The van der Waals surface area contributed by atoms with Crippen LogP contribution in [0.25, 0.3) is 0 Å². The Hall–Kier alpha value is -2.57. The van der Waals surface area contributed by atoms with Crippen molar-refractivity contribution in [3.8, 4) is 5.75 Å². The molecule has 6 heteroatoms. The number of benzene rings is 2. The van der Waals surface area contributed by atoms with E-state index in [9.17, 15) is 5.11 Å². The van der Waals surface area contributed by atoms with Gasteiger partial charge in [0.15, 0.2) is 5.96 Å². The molecule has 0 radical (unpaired) electrons. The molecule has 1 atom stereocenters. The topological polar surface area (TPSA) is 69.1 Å². The molecule has 1 saturated heterocycles. The molecule has 4 rings (SSSR count). The van der Waals surface area contributed by atoms with E-state index in [4.69, 9.17) is 4.74 Å². The molecule has 0 aromatic heterocycles. The summed E-state index contributed by atoms with van der Waals surface area (Å²) in [6.07, 6.45) is 2.56. The van der Waals surface area contributed by atoms with E-state index >= 15 is 0 Å². The number of ether oxygens (including phenoxy) is 1. The lowest BCUT2D eigenvalue weighted by Gasteiger charge is -2.29. The van der Waals surface area contributed by atoms with Gasteiger partial charge in [0.2, 0.25) is 0 Å². The van der Waals surface area contributed by atoms with E-state index < -0.39 is 0 Å². The lowest BCUT2D eigenvalue weighted by Crippen LogP contribution is -2.40. The van der Waals surface area contributed by atoms with E-state index in [1.807, 2.05) is 18.2 Å². The lowest BCUT2D eigenvalue weighted by molar-refractivity contribution is 0.0792. The number of nitrogens with zero attached hydrogens (tertiary/aromatic N) is 2. The molecule has 30 heavy (non-hydrogen) atoms. The molecule has 3 N–H and O–H groups in total. The maximum absolute atomic E-state index is 9.65. The molecule has 2 aromatic rings. The zero-order valence-electron chi connectivity index (χ0n) is 17.7. The molecule has 1 fully saturated rings. The Morgan fingerprint density at radius 2 is 1.80 bits per heavy atom. The van der Waals surface area contributed by atoms with Gasteiger partial charge < -0.3 is 20.5 Å². The van der Waals surface area contributed by atoms with Crippen LogP contribution in [0.15, 0.2) is 53.5 Å². The van der Waals surface area contributed by atoms with Crippen molar-refractivity contribution in [2.75, 3.05) is 26.7 Å². The Morgan fingerprint density at radius 1 is 1.07 bits per heavy atom. The second-order valence-electron chi connectivity index (χ2n) is 8.12. The van der Waals surface area contributed by atoms with Gasteiger partial charge in [0, 0.05) is 45.2 Å². The second-order valence-corrected chi connectivity index (χ2v) is 8.12. The minimum absolute atomic E-state index is 0.118. The van der Waals surface area contributed by atoms with Crippen LogP contribution in [-0.2, 0) is 13.1 Å². The second kappa shape index (κ2) is 9.96. The number of nitrogens with one attached hydrogen (secondary N) is 2. The Morgan fingerprint density at radius 3 is 2.57 bits per heavy atom. The lowest BCUT2D eigenvalue weighted by atomic mass is 10.0. The van der Waals surface area contributed by atoms with Gasteiger partial charge in [-0.15, -0.1) is 0 Å². The molecule has 6 nitrogen and oxygen atoms in total. The first-order chi connectivity index (χ1) is 14.7. The third-order valence-corrected chi connectivity index (χ3v) is 5.94. The van der Waals surface area contributed by atoms with Crippen LogP contribution in [0.2, 0.25) is 0 Å². The van der Waals surface area contributed by atoms with Crippen LogP contribution < -0.4 is 15.4 Å². The SMILES string of the molecule is CN=C(NCc1ccc(CN2CCC(O)CC2)cc1)NC1CCOc2ccccc21. The van der Waals surface area contributed by atoms with E-state index in [-0.39, 0.29) is 12.1 Å². The zero-order valence-corrected chi connectivity index (χ0v) is 17.7. The first kappa shape index (κ1) is 20.7. The van der Waals surface area contributed by atoms with Crippen LogP contribution in [0.3, 0.4) is 0 Å². The summed E-state index contributed by atoms with van der Waals surface area (Å²) in [6.45, 7) is 4.33. The maximum atomic E-state index is 9.65. The van der Waals surface area contributed by atoms with Gasteiger partial charge in [-0.2, -0.15) is 0 Å². The van der Waals surface area contributed by atoms with Crippen LogP contribution >= 0.6 is 0 Å². The molecule has 0 saturated carbocycles. The smallest absolute Gasteiger partial charge is 0.191 e. The standard InChI is InChI=1S/C24H32N4O2/c1-25-24(27-22-12-15-30-23-5-3-2-4-21(22)23)26-16-18-6-8-19(9-7-18)17-28-13-10-20(29)11-14-28/h2-9,20,22,29H,10-17H2,1H3,(H2,25,26,27). The maximum Gasteiger partial charge on any atom is 0.191 e. The molecule has 2 aromatic carbocycles. The minimum Gasteiger partial charge on any atom is -0.493 e. The average Bonchev–Trinajstić information content (AvgIpc) is 2.79. The third kappa shape index (κ3) is 5.32. The molecule has 0 amide bonds. The number of aliphatic imine (C=N–C) groups is 1. The van der Waals surface area contributed by atoms with E-state index in [2.05, 4.69) is 50.9 Å². The number of piperidine rings is 1. The summed E-state index contributed by atoms with van der Waals surface area (Å²) in [5.74, 6) is 1.75. The predicted molar refractivity (Wildman–Crippen MR) is 120 cm³/mol. The van der Waals surface area contributed by atoms with Gasteiger partial charge in [-0.3, -0.25) is 9.89 Å². The highest BCUT2D eigenvalue weighted by atomic mass is 16.5. The molecule has 0 spiro atoms. The number of aliphatic hydroxyl groups excluding tert-OH is 1. The molecule has 1 unspecified atom stereocenters. The van der Waals surface area contributed by atoms with Crippen molar-refractivity contribution in [3.63, 3.8) is 0 Å². The number of guanidine groups is 1. The minimum atomic E-state index is -0.118. The molecular formula is C24H32N4O2. The van der Waals surface area contributed by atoms with Crippen molar-refractivity contribution in [3.05, 3.63) is 65.2 Å². The molecule has 2 aliphatic rings. The number of hydrogen-bond acceptors (Lipinski definition) is 4. The van der Waals surface area contributed by atoms with Crippen LogP contribution in [0.4, 0.5) is 0 Å².